The molecule has 7 nitrogen and oxygen atoms in total. The van der Waals surface area contributed by atoms with Crippen molar-refractivity contribution in [1.29, 1.82) is 0 Å². The number of nitrogens with one attached hydrogen (secondary N) is 1. The fourth-order valence-electron chi connectivity index (χ4n) is 2.27. The van der Waals surface area contributed by atoms with Crippen LogP contribution >= 0.6 is 0 Å². The molecule has 0 bridgehead atoms. The van der Waals surface area contributed by atoms with Crippen LogP contribution in [-0.4, -0.2) is 34.6 Å². The number of ether oxygens (including phenoxy) is 1. The van der Waals surface area contributed by atoms with Crippen molar-refractivity contribution in [3.8, 4) is 0 Å². The number of esters is 1. The van der Waals surface area contributed by atoms with Crippen LogP contribution in [0.3, 0.4) is 0 Å². The molecule has 0 saturated carbocycles. The number of aryl methyl sites for hydroxylation is 1. The number of carbonyl (C=O) groups is 4. The van der Waals surface area contributed by atoms with Crippen LogP contribution in [0.2, 0.25) is 0 Å². The minimum Gasteiger partial charge on any atom is -0.453 e. The highest BCUT2D eigenvalue weighted by molar-refractivity contribution is 6.01. The Morgan fingerprint density at radius 1 is 1.07 bits per heavy atom. The van der Waals surface area contributed by atoms with Gasteiger partial charge in [0.15, 0.2) is 18.2 Å². The lowest BCUT2D eigenvalue weighted by molar-refractivity contribution is -0.118. The minimum absolute atomic E-state index is 0.115. The van der Waals surface area contributed by atoms with Gasteiger partial charge in [-0.1, -0.05) is 13.8 Å². The molecule has 0 aliphatic heterocycles. The lowest BCUT2D eigenvalue weighted by Gasteiger charge is -2.08. The van der Waals surface area contributed by atoms with Crippen LogP contribution in [-0.2, 0) is 16.6 Å². The van der Waals surface area contributed by atoms with E-state index in [-0.39, 0.29) is 29.1 Å². The predicted octanol–water partition coefficient (Wildman–Crippen LogP) is 2.86. The molecule has 1 heterocycles. The molecule has 1 aromatic heterocycles. The summed E-state index contributed by atoms with van der Waals surface area (Å²) in [5.74, 6) is -1.47. The molecule has 142 valence electrons. The number of aromatic nitrogens is 1. The molecule has 7 heteroatoms. The Balaban J connectivity index is 1.96. The second-order valence-corrected chi connectivity index (χ2v) is 6.50. The van der Waals surface area contributed by atoms with Crippen LogP contribution < -0.4 is 5.32 Å². The van der Waals surface area contributed by atoms with E-state index in [0.29, 0.717) is 16.8 Å². The minimum atomic E-state index is -0.681. The standard InChI is InChI=1S/C20H22N2O5/c1-12(2)19(25)21-16-7-5-14(6-8-16)18(24)11-27-20(26)17-9-15(13(3)23)10-22(17)4/h5-10,12H,11H2,1-4H3,(H,21,25). The molecular weight excluding hydrogens is 348 g/mol. The Morgan fingerprint density at radius 3 is 2.22 bits per heavy atom. The normalized spacial score (nSPS) is 10.6. The molecule has 1 aromatic carbocycles. The number of Topliss-reactive ketones (excluding diaryl/α,β-unsaturated/α-hetero) is 2. The number of amides is 1. The first-order chi connectivity index (χ1) is 12.7. The van der Waals surface area contributed by atoms with E-state index in [4.69, 9.17) is 4.74 Å². The van der Waals surface area contributed by atoms with Crippen molar-refractivity contribution in [2.75, 3.05) is 11.9 Å². The van der Waals surface area contributed by atoms with E-state index < -0.39 is 12.6 Å². The first-order valence-corrected chi connectivity index (χ1v) is 8.47. The van der Waals surface area contributed by atoms with Gasteiger partial charge in [-0.15, -0.1) is 0 Å². The molecule has 0 spiro atoms. The van der Waals surface area contributed by atoms with E-state index in [0.717, 1.165) is 0 Å². The van der Waals surface area contributed by atoms with Crippen molar-refractivity contribution in [3.63, 3.8) is 0 Å². The van der Waals surface area contributed by atoms with Crippen LogP contribution in [0.25, 0.3) is 0 Å². The van der Waals surface area contributed by atoms with Crippen LogP contribution in [0.5, 0.6) is 0 Å². The van der Waals surface area contributed by atoms with E-state index in [1.165, 1.54) is 23.8 Å². The number of anilines is 1. The molecule has 0 aliphatic carbocycles. The Kier molecular flexibility index (Phi) is 6.28. The first kappa shape index (κ1) is 20.1. The predicted molar refractivity (Wildman–Crippen MR) is 99.9 cm³/mol. The summed E-state index contributed by atoms with van der Waals surface area (Å²) in [5.41, 5.74) is 1.54. The van der Waals surface area contributed by atoms with Crippen LogP contribution in [0, 0.1) is 5.92 Å². The largest absolute Gasteiger partial charge is 0.453 e. The summed E-state index contributed by atoms with van der Waals surface area (Å²) in [5, 5.41) is 2.73. The lowest BCUT2D eigenvalue weighted by atomic mass is 10.1. The zero-order valence-corrected chi connectivity index (χ0v) is 15.7. The Labute approximate surface area is 157 Å². The molecule has 2 aromatic rings. The van der Waals surface area contributed by atoms with Gasteiger partial charge in [0.2, 0.25) is 5.91 Å². The van der Waals surface area contributed by atoms with Gasteiger partial charge in [-0.25, -0.2) is 4.79 Å². The van der Waals surface area contributed by atoms with E-state index >= 15 is 0 Å². The Hall–Kier alpha value is -3.22. The van der Waals surface area contributed by atoms with Gasteiger partial charge in [0.1, 0.15) is 5.69 Å². The SMILES string of the molecule is CC(=O)c1cc(C(=O)OCC(=O)c2ccc(NC(=O)C(C)C)cc2)n(C)c1. The van der Waals surface area contributed by atoms with Crippen LogP contribution in [0.1, 0.15) is 52.0 Å². The summed E-state index contributed by atoms with van der Waals surface area (Å²) in [7, 11) is 1.62. The number of rotatable bonds is 7. The summed E-state index contributed by atoms with van der Waals surface area (Å²) in [6.45, 7) is 4.56. The average Bonchev–Trinajstić information content (AvgIpc) is 3.02. The number of nitrogens with zero attached hydrogens (tertiary/aromatic N) is 1. The highest BCUT2D eigenvalue weighted by Crippen LogP contribution is 2.13. The van der Waals surface area contributed by atoms with Crippen molar-refractivity contribution in [1.82, 2.24) is 4.57 Å². The van der Waals surface area contributed by atoms with Crippen molar-refractivity contribution in [2.45, 2.75) is 20.8 Å². The maximum absolute atomic E-state index is 12.2. The van der Waals surface area contributed by atoms with Gasteiger partial charge in [-0.2, -0.15) is 0 Å². The van der Waals surface area contributed by atoms with Crippen LogP contribution in [0.4, 0.5) is 5.69 Å². The summed E-state index contributed by atoms with van der Waals surface area (Å²) in [6, 6.07) is 7.78. The zero-order chi connectivity index (χ0) is 20.1. The van der Waals surface area contributed by atoms with Crippen molar-refractivity contribution in [2.24, 2.45) is 13.0 Å². The molecular formula is C20H22N2O5. The van der Waals surface area contributed by atoms with E-state index in [1.54, 1.807) is 45.2 Å². The van der Waals surface area contributed by atoms with E-state index in [2.05, 4.69) is 5.32 Å². The molecule has 0 fully saturated rings. The zero-order valence-electron chi connectivity index (χ0n) is 15.7. The summed E-state index contributed by atoms with van der Waals surface area (Å²) in [6.07, 6.45) is 1.53. The molecule has 0 unspecified atom stereocenters. The average molecular weight is 370 g/mol. The second-order valence-electron chi connectivity index (χ2n) is 6.50. The van der Waals surface area contributed by atoms with Crippen molar-refractivity contribution in [3.05, 3.63) is 53.3 Å². The summed E-state index contributed by atoms with van der Waals surface area (Å²) in [4.78, 5) is 47.3. The maximum atomic E-state index is 12.2. The first-order valence-electron chi connectivity index (χ1n) is 8.47. The third-order valence-corrected chi connectivity index (χ3v) is 3.95. The molecule has 0 aliphatic rings. The lowest BCUT2D eigenvalue weighted by Crippen LogP contribution is -2.18. The maximum Gasteiger partial charge on any atom is 0.355 e. The van der Waals surface area contributed by atoms with Crippen LogP contribution in [0.15, 0.2) is 36.5 Å². The van der Waals surface area contributed by atoms with Gasteiger partial charge in [0, 0.05) is 36.0 Å². The number of hydrogen-bond acceptors (Lipinski definition) is 5. The highest BCUT2D eigenvalue weighted by atomic mass is 16.5. The highest BCUT2D eigenvalue weighted by Gasteiger charge is 2.17. The molecule has 0 radical (unpaired) electrons. The molecule has 0 saturated heterocycles. The van der Waals surface area contributed by atoms with E-state index in [9.17, 15) is 19.2 Å². The Morgan fingerprint density at radius 2 is 1.70 bits per heavy atom. The van der Waals surface area contributed by atoms with Crippen molar-refractivity contribution < 1.29 is 23.9 Å². The number of benzene rings is 1. The molecule has 0 atom stereocenters. The van der Waals surface area contributed by atoms with E-state index in [1.807, 2.05) is 0 Å². The van der Waals surface area contributed by atoms with Gasteiger partial charge < -0.3 is 14.6 Å². The summed E-state index contributed by atoms with van der Waals surface area (Å²) >= 11 is 0. The van der Waals surface area contributed by atoms with Gasteiger partial charge >= 0.3 is 5.97 Å². The Bertz CT molecular complexity index is 878. The molecule has 2 rings (SSSR count). The monoisotopic (exact) mass is 370 g/mol. The topological polar surface area (TPSA) is 94.5 Å². The fourth-order valence-corrected chi connectivity index (χ4v) is 2.27. The number of hydrogen-bond donors (Lipinski definition) is 1. The number of carbonyl (C=O) groups excluding carboxylic acids is 4. The number of ketones is 2. The fraction of sp³-hybridized carbons (Fsp3) is 0.300. The van der Waals surface area contributed by atoms with Gasteiger partial charge in [0.25, 0.3) is 0 Å². The van der Waals surface area contributed by atoms with Gasteiger partial charge in [-0.05, 0) is 37.3 Å². The van der Waals surface area contributed by atoms with Crippen molar-refractivity contribution >= 4 is 29.1 Å². The van der Waals surface area contributed by atoms with Gasteiger partial charge in [0.05, 0.1) is 0 Å². The third-order valence-electron chi connectivity index (χ3n) is 3.95. The smallest absolute Gasteiger partial charge is 0.355 e. The van der Waals surface area contributed by atoms with Gasteiger partial charge in [-0.3, -0.25) is 14.4 Å². The quantitative estimate of drug-likeness (QED) is 0.597. The third kappa shape index (κ3) is 5.13. The molecule has 1 amide bonds. The second kappa shape index (κ2) is 8.44. The summed E-state index contributed by atoms with van der Waals surface area (Å²) < 4.78 is 6.54. The molecule has 1 N–H and O–H groups in total. The molecule has 27 heavy (non-hydrogen) atoms.